The lowest BCUT2D eigenvalue weighted by molar-refractivity contribution is -0.873. The molecule has 0 aromatic rings. The van der Waals surface area contributed by atoms with Crippen LogP contribution in [0.5, 0.6) is 0 Å². The van der Waals surface area contributed by atoms with Gasteiger partial charge in [-0.25, -0.2) is 0 Å². The summed E-state index contributed by atoms with van der Waals surface area (Å²) in [6.07, 6.45) is -1.25. The summed E-state index contributed by atoms with van der Waals surface area (Å²) in [6, 6.07) is 0. The number of nitrogens with zero attached hydrogens (tertiary/aromatic N) is 1. The number of ether oxygens (including phenoxy) is 1. The van der Waals surface area contributed by atoms with Crippen LogP contribution >= 0.6 is 0 Å². The summed E-state index contributed by atoms with van der Waals surface area (Å²) in [5, 5.41) is 19.5. The maximum Gasteiger partial charge on any atom is 0.320 e. The summed E-state index contributed by atoms with van der Waals surface area (Å²) in [4.78, 5) is 33.1. The van der Waals surface area contributed by atoms with Crippen LogP contribution in [0.4, 0.5) is 0 Å². The fourth-order valence-corrected chi connectivity index (χ4v) is 1.63. The number of carbonyl (C=O) groups is 3. The molecule has 0 heterocycles. The van der Waals surface area contributed by atoms with Crippen molar-refractivity contribution in [2.24, 2.45) is 5.92 Å². The standard InChI is InChI=1S/C12H21NO6/c1-5-9(11(16)17)12(18)19-8(6-10(14)15)7-13(2,3)4/h8-9H,5-7H2,1-4H3,(H-,14,15,16,17). The molecule has 0 rings (SSSR count). The molecule has 0 aliphatic carbocycles. The number of esters is 1. The first kappa shape index (κ1) is 17.4. The minimum atomic E-state index is -1.34. The van der Waals surface area contributed by atoms with Gasteiger partial charge in [-0.2, -0.15) is 0 Å². The van der Waals surface area contributed by atoms with Crippen LogP contribution in [0.2, 0.25) is 0 Å². The Morgan fingerprint density at radius 2 is 1.79 bits per heavy atom. The van der Waals surface area contributed by atoms with E-state index in [9.17, 15) is 19.5 Å². The van der Waals surface area contributed by atoms with Crippen molar-refractivity contribution in [1.82, 2.24) is 0 Å². The van der Waals surface area contributed by atoms with E-state index in [1.54, 1.807) is 6.92 Å². The van der Waals surface area contributed by atoms with Crippen LogP contribution in [0.25, 0.3) is 0 Å². The molecule has 0 bridgehead atoms. The SMILES string of the molecule is CCC(C(=O)O)C(=O)OC(CC(=O)[O-])C[N+](C)(C)C. The number of aliphatic carboxylic acids is 2. The van der Waals surface area contributed by atoms with Gasteiger partial charge in [0.15, 0.2) is 12.0 Å². The van der Waals surface area contributed by atoms with Gasteiger partial charge in [-0.15, -0.1) is 0 Å². The maximum atomic E-state index is 11.7. The summed E-state index contributed by atoms with van der Waals surface area (Å²) < 4.78 is 5.38. The molecule has 110 valence electrons. The molecule has 0 amide bonds. The van der Waals surface area contributed by atoms with Crippen molar-refractivity contribution in [2.75, 3.05) is 27.7 Å². The highest BCUT2D eigenvalue weighted by atomic mass is 16.5. The van der Waals surface area contributed by atoms with Crippen LogP contribution in [0.1, 0.15) is 19.8 Å². The Kier molecular flexibility index (Phi) is 6.47. The quantitative estimate of drug-likeness (QED) is 0.341. The predicted molar refractivity (Wildman–Crippen MR) is 63.8 cm³/mol. The van der Waals surface area contributed by atoms with Crippen molar-refractivity contribution in [3.05, 3.63) is 0 Å². The van der Waals surface area contributed by atoms with Gasteiger partial charge >= 0.3 is 11.9 Å². The zero-order chi connectivity index (χ0) is 15.2. The van der Waals surface area contributed by atoms with E-state index in [-0.39, 0.29) is 13.0 Å². The van der Waals surface area contributed by atoms with Gasteiger partial charge in [0.2, 0.25) is 0 Å². The Labute approximate surface area is 112 Å². The summed E-state index contributed by atoms with van der Waals surface area (Å²) in [5.74, 6) is -4.79. The second kappa shape index (κ2) is 7.08. The molecule has 19 heavy (non-hydrogen) atoms. The van der Waals surface area contributed by atoms with E-state index >= 15 is 0 Å². The number of hydrogen-bond donors (Lipinski definition) is 1. The molecule has 2 atom stereocenters. The molecule has 0 saturated heterocycles. The number of likely N-dealkylation sites (N-methyl/N-ethyl adjacent to an activating group) is 1. The lowest BCUT2D eigenvalue weighted by Crippen LogP contribution is -2.46. The molecule has 0 saturated carbocycles. The van der Waals surface area contributed by atoms with Gasteiger partial charge in [0, 0.05) is 12.4 Å². The van der Waals surface area contributed by atoms with Crippen LogP contribution in [0, 0.1) is 5.92 Å². The second-order valence-electron chi connectivity index (χ2n) is 5.41. The highest BCUT2D eigenvalue weighted by Crippen LogP contribution is 2.11. The Balaban J connectivity index is 4.76. The number of carbonyl (C=O) groups excluding carboxylic acids is 2. The molecule has 0 aromatic carbocycles. The Bertz CT molecular complexity index is 347. The molecule has 7 nitrogen and oxygen atoms in total. The van der Waals surface area contributed by atoms with Crippen LogP contribution in [0.3, 0.4) is 0 Å². The Hall–Kier alpha value is -1.63. The molecule has 0 aliphatic rings. The van der Waals surface area contributed by atoms with E-state index in [0.29, 0.717) is 4.48 Å². The van der Waals surface area contributed by atoms with Crippen LogP contribution < -0.4 is 5.11 Å². The zero-order valence-electron chi connectivity index (χ0n) is 11.7. The molecule has 1 N–H and O–H groups in total. The molecular weight excluding hydrogens is 254 g/mol. The first-order valence-corrected chi connectivity index (χ1v) is 6.00. The average Bonchev–Trinajstić information content (AvgIpc) is 2.12. The van der Waals surface area contributed by atoms with Crippen molar-refractivity contribution >= 4 is 17.9 Å². The number of carboxylic acids is 2. The van der Waals surface area contributed by atoms with Gasteiger partial charge in [0.05, 0.1) is 21.1 Å². The average molecular weight is 275 g/mol. The first-order chi connectivity index (χ1) is 8.56. The van der Waals surface area contributed by atoms with Gasteiger partial charge in [-0.3, -0.25) is 9.59 Å². The minimum absolute atomic E-state index is 0.0938. The number of hydrogen-bond acceptors (Lipinski definition) is 5. The fourth-order valence-electron chi connectivity index (χ4n) is 1.63. The third-order valence-electron chi connectivity index (χ3n) is 2.42. The smallest absolute Gasteiger partial charge is 0.320 e. The summed E-state index contributed by atoms with van der Waals surface area (Å²) in [5.41, 5.74) is 0. The van der Waals surface area contributed by atoms with E-state index in [0.717, 1.165) is 0 Å². The van der Waals surface area contributed by atoms with E-state index in [1.165, 1.54) is 0 Å². The van der Waals surface area contributed by atoms with E-state index in [2.05, 4.69) is 0 Å². The lowest BCUT2D eigenvalue weighted by Gasteiger charge is -2.29. The normalized spacial score (nSPS) is 14.5. The predicted octanol–water partition coefficient (Wildman–Crippen LogP) is -1.14. The topological polar surface area (TPSA) is 104 Å². The Morgan fingerprint density at radius 1 is 1.26 bits per heavy atom. The van der Waals surface area contributed by atoms with Gasteiger partial charge in [-0.1, -0.05) is 6.92 Å². The van der Waals surface area contributed by atoms with Gasteiger partial charge in [0.1, 0.15) is 6.54 Å². The summed E-state index contributed by atoms with van der Waals surface area (Å²) >= 11 is 0. The van der Waals surface area contributed by atoms with E-state index in [1.807, 2.05) is 21.1 Å². The fraction of sp³-hybridized carbons (Fsp3) is 0.750. The third-order valence-corrected chi connectivity index (χ3v) is 2.42. The summed E-state index contributed by atoms with van der Waals surface area (Å²) in [7, 11) is 5.43. The lowest BCUT2D eigenvalue weighted by atomic mass is 10.1. The minimum Gasteiger partial charge on any atom is -0.550 e. The highest BCUT2D eigenvalue weighted by Gasteiger charge is 2.30. The van der Waals surface area contributed by atoms with Crippen molar-refractivity contribution in [3.8, 4) is 0 Å². The largest absolute Gasteiger partial charge is 0.550 e. The summed E-state index contributed by atoms with van der Waals surface area (Å²) in [6.45, 7) is 1.81. The van der Waals surface area contributed by atoms with Crippen molar-refractivity contribution in [2.45, 2.75) is 25.9 Å². The molecule has 0 aromatic heterocycles. The maximum absolute atomic E-state index is 11.7. The first-order valence-electron chi connectivity index (χ1n) is 6.00. The number of quaternary nitrogens is 1. The second-order valence-corrected chi connectivity index (χ2v) is 5.41. The zero-order valence-corrected chi connectivity index (χ0v) is 11.7. The molecule has 0 fully saturated rings. The van der Waals surface area contributed by atoms with Crippen LogP contribution in [-0.4, -0.2) is 61.3 Å². The number of rotatable bonds is 8. The van der Waals surface area contributed by atoms with Crippen molar-refractivity contribution in [3.63, 3.8) is 0 Å². The van der Waals surface area contributed by atoms with E-state index in [4.69, 9.17) is 9.84 Å². The van der Waals surface area contributed by atoms with Crippen molar-refractivity contribution < 1.29 is 33.8 Å². The highest BCUT2D eigenvalue weighted by molar-refractivity contribution is 5.93. The molecular formula is C12H21NO6. The van der Waals surface area contributed by atoms with Gasteiger partial charge < -0.3 is 24.2 Å². The number of carboxylic acid groups (broad SMARTS) is 2. The van der Waals surface area contributed by atoms with E-state index < -0.39 is 36.4 Å². The van der Waals surface area contributed by atoms with Gasteiger partial charge in [0.25, 0.3) is 0 Å². The molecule has 0 spiro atoms. The molecule has 0 radical (unpaired) electrons. The van der Waals surface area contributed by atoms with Crippen LogP contribution in [-0.2, 0) is 19.1 Å². The van der Waals surface area contributed by atoms with Crippen LogP contribution in [0.15, 0.2) is 0 Å². The molecule has 7 heteroatoms. The van der Waals surface area contributed by atoms with Crippen molar-refractivity contribution in [1.29, 1.82) is 0 Å². The molecule has 0 aliphatic heterocycles. The monoisotopic (exact) mass is 275 g/mol. The molecule has 2 unspecified atom stereocenters. The van der Waals surface area contributed by atoms with Gasteiger partial charge in [-0.05, 0) is 6.42 Å². The third kappa shape index (κ3) is 7.40. The Morgan fingerprint density at radius 3 is 2.11 bits per heavy atom.